The van der Waals surface area contributed by atoms with E-state index in [2.05, 4.69) is 17.1 Å². The number of nitrogens with one attached hydrogen (secondary N) is 1. The fraction of sp³-hybridized carbons (Fsp3) is 0.458. The number of nitrogens with zero attached hydrogens (tertiary/aromatic N) is 3. The van der Waals surface area contributed by atoms with Gasteiger partial charge in [-0.3, -0.25) is 14.4 Å². The first-order valence-corrected chi connectivity index (χ1v) is 11.5. The average molecular weight is 529 g/mol. The van der Waals surface area contributed by atoms with Crippen LogP contribution in [0.3, 0.4) is 0 Å². The third-order valence-electron chi connectivity index (χ3n) is 5.89. The first kappa shape index (κ1) is 29.5. The first-order chi connectivity index (χ1) is 17.3. The Hall–Kier alpha value is -3.77. The van der Waals surface area contributed by atoms with Gasteiger partial charge in [-0.15, -0.1) is 0 Å². The summed E-state index contributed by atoms with van der Waals surface area (Å²) in [6.45, 7) is 7.09. The van der Waals surface area contributed by atoms with Gasteiger partial charge in [0.05, 0.1) is 11.3 Å². The van der Waals surface area contributed by atoms with Crippen molar-refractivity contribution < 1.29 is 37.1 Å². The molecule has 0 radical (unpaired) electrons. The predicted octanol–water partition coefficient (Wildman–Crippen LogP) is 2.83. The summed E-state index contributed by atoms with van der Waals surface area (Å²) in [5.41, 5.74) is 2.42. The van der Waals surface area contributed by atoms with Crippen LogP contribution in [-0.2, 0) is 16.0 Å². The van der Waals surface area contributed by atoms with Crippen molar-refractivity contribution in [1.82, 2.24) is 20.0 Å². The number of amides is 2. The van der Waals surface area contributed by atoms with Crippen LogP contribution >= 0.6 is 0 Å². The van der Waals surface area contributed by atoms with Crippen LogP contribution in [0.15, 0.2) is 23.0 Å². The predicted molar refractivity (Wildman–Crippen MR) is 125 cm³/mol. The van der Waals surface area contributed by atoms with Gasteiger partial charge in [-0.05, 0) is 43.5 Å². The highest BCUT2D eigenvalue weighted by Crippen LogP contribution is 2.19. The van der Waals surface area contributed by atoms with Crippen LogP contribution in [0.25, 0.3) is 0 Å². The lowest BCUT2D eigenvalue weighted by Gasteiger charge is -2.34. The maximum absolute atomic E-state index is 14.4. The number of carbonyl (C=O) groups is 3. The summed E-state index contributed by atoms with van der Waals surface area (Å²) in [6.07, 6.45) is -2.81. The van der Waals surface area contributed by atoms with Crippen molar-refractivity contribution in [2.45, 2.75) is 46.2 Å². The van der Waals surface area contributed by atoms with E-state index in [0.29, 0.717) is 42.9 Å². The van der Waals surface area contributed by atoms with Crippen LogP contribution in [-0.4, -0.2) is 75.2 Å². The monoisotopic (exact) mass is 528 g/mol. The van der Waals surface area contributed by atoms with Crippen LogP contribution < -0.4 is 5.56 Å². The lowest BCUT2D eigenvalue weighted by molar-refractivity contribution is -0.192. The SMILES string of the molecule is CCCCN1CCN(C(=O)c2cc(Cc3n[nH]c(=O)c(C)c3C)ccc2F)CC1=O.O=C(O)C(F)(F)F. The van der Waals surface area contributed by atoms with Crippen molar-refractivity contribution in [2.75, 3.05) is 26.2 Å². The standard InChI is InChI=1S/C22H27FN4O3.C2HF3O2/c1-4-5-8-26-9-10-27(13-20(26)28)22(30)17-11-16(6-7-18(17)23)12-19-14(2)15(3)21(29)25-24-19;3-2(4,5)1(6)7/h6-7,11H,4-5,8-10,12-13H2,1-3H3,(H,25,29);(H,6,7). The number of carboxylic acid groups (broad SMARTS) is 1. The summed E-state index contributed by atoms with van der Waals surface area (Å²) in [7, 11) is 0. The molecule has 0 bridgehead atoms. The van der Waals surface area contributed by atoms with E-state index in [1.807, 2.05) is 6.92 Å². The van der Waals surface area contributed by atoms with E-state index < -0.39 is 23.9 Å². The molecule has 2 amide bonds. The molecule has 0 atom stereocenters. The number of benzene rings is 1. The molecule has 202 valence electrons. The molecule has 1 aliphatic heterocycles. The minimum atomic E-state index is -5.08. The molecule has 13 heteroatoms. The topological polar surface area (TPSA) is 124 Å². The summed E-state index contributed by atoms with van der Waals surface area (Å²) < 4.78 is 46.2. The molecule has 1 aromatic carbocycles. The second-order valence-electron chi connectivity index (χ2n) is 8.50. The molecule has 3 rings (SSSR count). The minimum Gasteiger partial charge on any atom is -0.475 e. The molecule has 0 spiro atoms. The van der Waals surface area contributed by atoms with E-state index in [-0.39, 0.29) is 23.6 Å². The van der Waals surface area contributed by atoms with Crippen molar-refractivity contribution >= 4 is 17.8 Å². The number of hydrogen-bond donors (Lipinski definition) is 2. The Bertz CT molecular complexity index is 1210. The highest BCUT2D eigenvalue weighted by molar-refractivity contribution is 5.97. The quantitative estimate of drug-likeness (QED) is 0.556. The summed E-state index contributed by atoms with van der Waals surface area (Å²) in [5, 5.41) is 13.7. The van der Waals surface area contributed by atoms with Crippen molar-refractivity contribution in [3.05, 3.63) is 62.3 Å². The van der Waals surface area contributed by atoms with Crippen molar-refractivity contribution in [3.8, 4) is 0 Å². The minimum absolute atomic E-state index is 0.0357. The number of carboxylic acids is 1. The molecule has 2 heterocycles. The summed E-state index contributed by atoms with van der Waals surface area (Å²) in [5.74, 6) is -3.97. The zero-order valence-electron chi connectivity index (χ0n) is 20.6. The van der Waals surface area contributed by atoms with Gasteiger partial charge in [-0.2, -0.15) is 18.3 Å². The number of aliphatic carboxylic acids is 1. The molecular formula is C24H28F4N4O5. The van der Waals surface area contributed by atoms with Crippen LogP contribution in [0.4, 0.5) is 17.6 Å². The number of hydrogen-bond acceptors (Lipinski definition) is 5. The van der Waals surface area contributed by atoms with E-state index in [9.17, 15) is 31.9 Å². The number of halogens is 4. The molecule has 1 saturated heterocycles. The fourth-order valence-electron chi connectivity index (χ4n) is 3.52. The zero-order valence-corrected chi connectivity index (χ0v) is 20.6. The van der Waals surface area contributed by atoms with Gasteiger partial charge < -0.3 is 14.9 Å². The van der Waals surface area contributed by atoms with Gasteiger partial charge >= 0.3 is 12.1 Å². The Morgan fingerprint density at radius 3 is 2.35 bits per heavy atom. The van der Waals surface area contributed by atoms with Gasteiger partial charge in [-0.25, -0.2) is 14.3 Å². The van der Waals surface area contributed by atoms with E-state index >= 15 is 0 Å². The van der Waals surface area contributed by atoms with Gasteiger partial charge in [0.15, 0.2) is 0 Å². The number of rotatable bonds is 6. The number of carbonyl (C=O) groups excluding carboxylic acids is 2. The molecule has 1 aliphatic rings. The number of piperazine rings is 1. The number of H-pyrrole nitrogens is 1. The second-order valence-corrected chi connectivity index (χ2v) is 8.50. The molecule has 0 saturated carbocycles. The Morgan fingerprint density at radius 1 is 1.14 bits per heavy atom. The molecule has 1 aromatic heterocycles. The molecule has 2 aromatic rings. The summed E-state index contributed by atoms with van der Waals surface area (Å²) in [4.78, 5) is 49.0. The van der Waals surface area contributed by atoms with Crippen molar-refractivity contribution in [1.29, 1.82) is 0 Å². The van der Waals surface area contributed by atoms with Crippen LogP contribution in [0, 0.1) is 19.7 Å². The third kappa shape index (κ3) is 7.86. The lowest BCUT2D eigenvalue weighted by Crippen LogP contribution is -2.52. The van der Waals surface area contributed by atoms with E-state index in [1.165, 1.54) is 17.0 Å². The Morgan fingerprint density at radius 2 is 1.78 bits per heavy atom. The Labute approximate surface area is 210 Å². The lowest BCUT2D eigenvalue weighted by atomic mass is 10.0. The first-order valence-electron chi connectivity index (χ1n) is 11.5. The summed E-state index contributed by atoms with van der Waals surface area (Å²) >= 11 is 0. The maximum atomic E-state index is 14.4. The number of aromatic amines is 1. The zero-order chi connectivity index (χ0) is 27.9. The molecule has 2 N–H and O–H groups in total. The fourth-order valence-corrected chi connectivity index (χ4v) is 3.52. The second kappa shape index (κ2) is 12.5. The third-order valence-corrected chi connectivity index (χ3v) is 5.89. The highest BCUT2D eigenvalue weighted by Gasteiger charge is 2.38. The smallest absolute Gasteiger partial charge is 0.475 e. The number of unbranched alkanes of at least 4 members (excludes halogenated alkanes) is 1. The van der Waals surface area contributed by atoms with Gasteiger partial charge in [0, 0.05) is 31.6 Å². The maximum Gasteiger partial charge on any atom is 0.490 e. The van der Waals surface area contributed by atoms with E-state index in [4.69, 9.17) is 9.90 Å². The van der Waals surface area contributed by atoms with E-state index in [1.54, 1.807) is 17.9 Å². The molecule has 0 unspecified atom stereocenters. The average Bonchev–Trinajstić information content (AvgIpc) is 2.84. The van der Waals surface area contributed by atoms with Gasteiger partial charge in [0.2, 0.25) is 5.91 Å². The van der Waals surface area contributed by atoms with Crippen molar-refractivity contribution in [3.63, 3.8) is 0 Å². The van der Waals surface area contributed by atoms with Crippen molar-refractivity contribution in [2.24, 2.45) is 0 Å². The highest BCUT2D eigenvalue weighted by atomic mass is 19.4. The Balaban J connectivity index is 0.000000604. The molecule has 37 heavy (non-hydrogen) atoms. The molecule has 9 nitrogen and oxygen atoms in total. The number of alkyl halides is 3. The van der Waals surface area contributed by atoms with Crippen LogP contribution in [0.1, 0.15) is 52.5 Å². The van der Waals surface area contributed by atoms with Crippen LogP contribution in [0.2, 0.25) is 0 Å². The van der Waals surface area contributed by atoms with Gasteiger partial charge in [0.25, 0.3) is 11.5 Å². The molecular weight excluding hydrogens is 500 g/mol. The largest absolute Gasteiger partial charge is 0.490 e. The van der Waals surface area contributed by atoms with Crippen LogP contribution in [0.5, 0.6) is 0 Å². The summed E-state index contributed by atoms with van der Waals surface area (Å²) in [6, 6.07) is 4.37. The van der Waals surface area contributed by atoms with E-state index in [0.717, 1.165) is 18.4 Å². The Kier molecular flexibility index (Phi) is 9.92. The number of aromatic nitrogens is 2. The molecule has 0 aliphatic carbocycles. The molecule has 1 fully saturated rings. The van der Waals surface area contributed by atoms with Gasteiger partial charge in [0.1, 0.15) is 12.4 Å². The van der Waals surface area contributed by atoms with Gasteiger partial charge in [-0.1, -0.05) is 19.4 Å². The normalized spacial score (nSPS) is 13.8.